The molecule has 0 N–H and O–H groups in total. The minimum Gasteiger partial charge on any atom is -0.463 e. The van der Waals surface area contributed by atoms with Crippen LogP contribution in [0.15, 0.2) is 54.6 Å². The van der Waals surface area contributed by atoms with E-state index in [4.69, 9.17) is 4.74 Å². The second-order valence-electron chi connectivity index (χ2n) is 10.0. The predicted molar refractivity (Wildman–Crippen MR) is 136 cm³/mol. The van der Waals surface area contributed by atoms with Gasteiger partial charge in [-0.05, 0) is 73.7 Å². The summed E-state index contributed by atoms with van der Waals surface area (Å²) in [5.41, 5.74) is 0.821. The maximum absolute atomic E-state index is 13.8. The van der Waals surface area contributed by atoms with E-state index in [1.165, 1.54) is 0 Å². The Morgan fingerprint density at radius 1 is 0.882 bits per heavy atom. The number of carbonyl (C=O) groups is 2. The number of rotatable bonds is 4. The fourth-order valence-corrected chi connectivity index (χ4v) is 5.70. The summed E-state index contributed by atoms with van der Waals surface area (Å²) in [4.78, 5) is 30.7. The molecule has 34 heavy (non-hydrogen) atoms. The Kier molecular flexibility index (Phi) is 6.55. The van der Waals surface area contributed by atoms with Gasteiger partial charge in [0.1, 0.15) is 0 Å². The number of hydrogen-bond donors (Lipinski definition) is 0. The van der Waals surface area contributed by atoms with Crippen molar-refractivity contribution in [3.63, 3.8) is 0 Å². The smallest absolute Gasteiger partial charge is 0.310 e. The Hall–Kier alpha value is -2.92. The lowest BCUT2D eigenvalue weighted by atomic mass is 9.92. The number of amides is 1. The number of fused-ring (bicyclic) bond motifs is 2. The van der Waals surface area contributed by atoms with Crippen LogP contribution in [0, 0.1) is 5.92 Å². The van der Waals surface area contributed by atoms with Crippen molar-refractivity contribution in [2.45, 2.75) is 51.7 Å². The number of carbonyl (C=O) groups excluding carboxylic acids is 2. The molecular weight excluding hydrogens is 424 g/mol. The fourth-order valence-electron chi connectivity index (χ4n) is 5.70. The number of benzene rings is 3. The maximum atomic E-state index is 13.8. The zero-order chi connectivity index (χ0) is 23.7. The van der Waals surface area contributed by atoms with Crippen LogP contribution in [0.5, 0.6) is 0 Å². The molecular formula is C29H34N2O3. The third-order valence-corrected chi connectivity index (χ3v) is 7.39. The van der Waals surface area contributed by atoms with Gasteiger partial charge in [0.05, 0.1) is 17.6 Å². The summed E-state index contributed by atoms with van der Waals surface area (Å²) in [6, 6.07) is 19.0. The molecule has 2 aliphatic rings. The second-order valence-corrected chi connectivity index (χ2v) is 10.0. The highest BCUT2D eigenvalue weighted by atomic mass is 16.5. The topological polar surface area (TPSA) is 49.9 Å². The average molecular weight is 459 g/mol. The van der Waals surface area contributed by atoms with Gasteiger partial charge >= 0.3 is 5.97 Å². The van der Waals surface area contributed by atoms with Gasteiger partial charge in [0.2, 0.25) is 0 Å². The molecule has 1 atom stereocenters. The van der Waals surface area contributed by atoms with Crippen LogP contribution >= 0.6 is 0 Å². The lowest BCUT2D eigenvalue weighted by Gasteiger charge is -2.42. The average Bonchev–Trinajstić information content (AvgIpc) is 2.86. The molecule has 2 heterocycles. The predicted octanol–water partition coefficient (Wildman–Crippen LogP) is 5.26. The number of hydrogen-bond acceptors (Lipinski definition) is 4. The molecule has 3 aromatic rings. The molecule has 0 radical (unpaired) electrons. The molecule has 0 saturated carbocycles. The highest BCUT2D eigenvalue weighted by Gasteiger charge is 2.34. The SMILES string of the molecule is CC(C)OC(=O)C1CCCN(C2CCN(C(=O)c3c4ccccc4cc4ccccc34)CC2)C1. The van der Waals surface area contributed by atoms with Crippen LogP contribution in [0.4, 0.5) is 0 Å². The molecule has 0 aliphatic carbocycles. The van der Waals surface area contributed by atoms with E-state index in [9.17, 15) is 9.59 Å². The van der Waals surface area contributed by atoms with Crippen molar-refractivity contribution < 1.29 is 14.3 Å². The van der Waals surface area contributed by atoms with E-state index in [0.717, 1.165) is 79.0 Å². The summed E-state index contributed by atoms with van der Waals surface area (Å²) in [5.74, 6) is 0.0384. The molecule has 1 unspecified atom stereocenters. The maximum Gasteiger partial charge on any atom is 0.310 e. The normalized spacial score (nSPS) is 20.2. The summed E-state index contributed by atoms with van der Waals surface area (Å²) in [7, 11) is 0. The van der Waals surface area contributed by atoms with Gasteiger partial charge in [-0.25, -0.2) is 0 Å². The molecule has 5 nitrogen and oxygen atoms in total. The van der Waals surface area contributed by atoms with E-state index in [2.05, 4.69) is 35.2 Å². The summed E-state index contributed by atoms with van der Waals surface area (Å²) >= 11 is 0. The third-order valence-electron chi connectivity index (χ3n) is 7.39. The monoisotopic (exact) mass is 458 g/mol. The Bertz CT molecular complexity index is 1140. The van der Waals surface area contributed by atoms with E-state index in [0.29, 0.717) is 6.04 Å². The van der Waals surface area contributed by atoms with Crippen LogP contribution in [-0.4, -0.2) is 60.0 Å². The summed E-state index contributed by atoms with van der Waals surface area (Å²) in [5, 5.41) is 4.26. The van der Waals surface area contributed by atoms with Crippen LogP contribution in [0.3, 0.4) is 0 Å². The quantitative estimate of drug-likeness (QED) is 0.395. The Morgan fingerprint density at radius 3 is 2.12 bits per heavy atom. The van der Waals surface area contributed by atoms with Crippen molar-refractivity contribution in [2.24, 2.45) is 5.92 Å². The first kappa shape index (κ1) is 22.9. The molecule has 5 rings (SSSR count). The summed E-state index contributed by atoms with van der Waals surface area (Å²) in [6.45, 7) is 7.11. The van der Waals surface area contributed by atoms with Gasteiger partial charge in [0.25, 0.3) is 5.91 Å². The van der Waals surface area contributed by atoms with Gasteiger partial charge in [0, 0.05) is 25.7 Å². The zero-order valence-corrected chi connectivity index (χ0v) is 20.2. The van der Waals surface area contributed by atoms with Crippen LogP contribution < -0.4 is 0 Å². The van der Waals surface area contributed by atoms with Gasteiger partial charge in [-0.15, -0.1) is 0 Å². The Labute approximate surface area is 201 Å². The number of ether oxygens (including phenoxy) is 1. The first-order valence-electron chi connectivity index (χ1n) is 12.7. The van der Waals surface area contributed by atoms with E-state index in [-0.39, 0.29) is 23.9 Å². The van der Waals surface area contributed by atoms with Gasteiger partial charge in [-0.3, -0.25) is 14.5 Å². The van der Waals surface area contributed by atoms with E-state index >= 15 is 0 Å². The van der Waals surface area contributed by atoms with Gasteiger partial charge in [0.15, 0.2) is 0 Å². The minimum atomic E-state index is -0.0673. The standard InChI is InChI=1S/C29H34N2O3/c1-20(2)34-29(33)23-10-7-15-31(19-23)24-13-16-30(17-14-24)28(32)27-25-11-5-3-8-21(25)18-22-9-4-6-12-26(22)27/h3-6,8-9,11-12,18,20,23-24H,7,10,13-17,19H2,1-2H3. The molecule has 2 saturated heterocycles. The molecule has 178 valence electrons. The number of nitrogens with zero attached hydrogens (tertiary/aromatic N) is 2. The van der Waals surface area contributed by atoms with Crippen molar-refractivity contribution in [1.82, 2.24) is 9.80 Å². The van der Waals surface area contributed by atoms with Crippen LogP contribution in [0.2, 0.25) is 0 Å². The number of piperidine rings is 2. The number of likely N-dealkylation sites (tertiary alicyclic amines) is 2. The molecule has 0 bridgehead atoms. The molecule has 2 aliphatic heterocycles. The van der Waals surface area contributed by atoms with Crippen molar-refractivity contribution in [2.75, 3.05) is 26.2 Å². The first-order chi connectivity index (χ1) is 16.5. The lowest BCUT2D eigenvalue weighted by molar-refractivity contribution is -0.154. The zero-order valence-electron chi connectivity index (χ0n) is 20.2. The second kappa shape index (κ2) is 9.75. The van der Waals surface area contributed by atoms with Gasteiger partial charge < -0.3 is 9.64 Å². The Morgan fingerprint density at radius 2 is 1.50 bits per heavy atom. The van der Waals surface area contributed by atoms with E-state index < -0.39 is 0 Å². The lowest BCUT2D eigenvalue weighted by Crippen LogP contribution is -2.50. The van der Waals surface area contributed by atoms with Crippen molar-refractivity contribution in [3.05, 3.63) is 60.2 Å². The van der Waals surface area contributed by atoms with Crippen molar-refractivity contribution in [1.29, 1.82) is 0 Å². The van der Waals surface area contributed by atoms with Crippen LogP contribution in [0.1, 0.15) is 49.9 Å². The third kappa shape index (κ3) is 4.54. The Balaban J connectivity index is 1.30. The first-order valence-corrected chi connectivity index (χ1v) is 12.7. The number of esters is 1. The molecule has 0 spiro atoms. The van der Waals surface area contributed by atoms with Crippen LogP contribution in [0.25, 0.3) is 21.5 Å². The minimum absolute atomic E-state index is 0.0298. The van der Waals surface area contributed by atoms with Gasteiger partial charge in [-0.1, -0.05) is 48.5 Å². The molecule has 1 amide bonds. The largest absolute Gasteiger partial charge is 0.463 e. The highest BCUT2D eigenvalue weighted by Crippen LogP contribution is 2.31. The molecule has 0 aromatic heterocycles. The highest BCUT2D eigenvalue weighted by molar-refractivity contribution is 6.18. The van der Waals surface area contributed by atoms with Gasteiger partial charge in [-0.2, -0.15) is 0 Å². The fraction of sp³-hybridized carbons (Fsp3) is 0.448. The van der Waals surface area contributed by atoms with E-state index in [1.54, 1.807) is 0 Å². The summed E-state index contributed by atoms with van der Waals surface area (Å²) < 4.78 is 5.47. The molecule has 5 heteroatoms. The molecule has 3 aromatic carbocycles. The van der Waals surface area contributed by atoms with Crippen molar-refractivity contribution in [3.8, 4) is 0 Å². The van der Waals surface area contributed by atoms with Crippen molar-refractivity contribution >= 4 is 33.4 Å². The molecule has 2 fully saturated rings. The van der Waals surface area contributed by atoms with Crippen LogP contribution in [-0.2, 0) is 9.53 Å². The summed E-state index contributed by atoms with van der Waals surface area (Å²) in [6.07, 6.45) is 3.76. The van der Waals surface area contributed by atoms with E-state index in [1.807, 2.05) is 43.0 Å².